The molecule has 0 radical (unpaired) electrons. The highest BCUT2D eigenvalue weighted by molar-refractivity contribution is 14.1. The van der Waals surface area contributed by atoms with Crippen LogP contribution in [0.5, 0.6) is 5.75 Å². The number of carbonyl (C=O) groups excluding carboxylic acids is 1. The molecule has 0 heterocycles. The van der Waals surface area contributed by atoms with Crippen LogP contribution in [-0.2, 0) is 4.79 Å². The van der Waals surface area contributed by atoms with E-state index in [4.69, 9.17) is 27.9 Å². The van der Waals surface area contributed by atoms with Crippen LogP contribution in [-0.4, -0.2) is 12.0 Å². The summed E-state index contributed by atoms with van der Waals surface area (Å²) >= 11 is 14.2. The van der Waals surface area contributed by atoms with Crippen LogP contribution in [0.1, 0.15) is 18.1 Å². The second kappa shape index (κ2) is 7.73. The lowest BCUT2D eigenvalue weighted by molar-refractivity contribution is -0.122. The highest BCUT2D eigenvalue weighted by Gasteiger charge is 2.18. The van der Waals surface area contributed by atoms with E-state index >= 15 is 0 Å². The van der Waals surface area contributed by atoms with Crippen LogP contribution < -0.4 is 10.1 Å². The maximum atomic E-state index is 12.4. The first kappa shape index (κ1) is 18.4. The fourth-order valence-corrected chi connectivity index (χ4v) is 3.53. The van der Waals surface area contributed by atoms with Gasteiger partial charge in [0.05, 0.1) is 5.02 Å². The van der Waals surface area contributed by atoms with Crippen LogP contribution >= 0.6 is 45.8 Å². The van der Waals surface area contributed by atoms with Crippen molar-refractivity contribution in [3.63, 3.8) is 0 Å². The van der Waals surface area contributed by atoms with Crippen molar-refractivity contribution in [1.82, 2.24) is 0 Å². The summed E-state index contributed by atoms with van der Waals surface area (Å²) in [6, 6.07) is 8.93. The van der Waals surface area contributed by atoms with E-state index in [2.05, 4.69) is 27.9 Å². The van der Waals surface area contributed by atoms with Crippen molar-refractivity contribution >= 4 is 57.4 Å². The molecule has 122 valence electrons. The van der Waals surface area contributed by atoms with Gasteiger partial charge in [-0.05, 0) is 84.8 Å². The molecule has 2 aromatic carbocycles. The number of aryl methyl sites for hydroxylation is 2. The molecule has 0 aliphatic rings. The third-order valence-corrected chi connectivity index (χ3v) is 4.47. The zero-order valence-electron chi connectivity index (χ0n) is 12.9. The normalized spacial score (nSPS) is 11.9. The van der Waals surface area contributed by atoms with Gasteiger partial charge in [0.25, 0.3) is 5.91 Å². The fraction of sp³-hybridized carbons (Fsp3) is 0.235. The molecule has 0 fully saturated rings. The monoisotopic (exact) mass is 463 g/mol. The summed E-state index contributed by atoms with van der Waals surface area (Å²) in [5, 5.41) is 3.81. The number of nitrogens with one attached hydrogen (secondary N) is 1. The number of amides is 1. The number of anilines is 1. The SMILES string of the molecule is Cc1cc(I)cc(C)c1NC(=O)[C@H](C)Oc1ccc(Cl)cc1Cl. The molecule has 2 aromatic rings. The topological polar surface area (TPSA) is 38.3 Å². The molecule has 0 aromatic heterocycles. The summed E-state index contributed by atoms with van der Waals surface area (Å²) in [4.78, 5) is 12.4. The van der Waals surface area contributed by atoms with Gasteiger partial charge < -0.3 is 10.1 Å². The number of rotatable bonds is 4. The van der Waals surface area contributed by atoms with Crippen molar-refractivity contribution in [3.05, 3.63) is 55.1 Å². The molecule has 23 heavy (non-hydrogen) atoms. The average Bonchev–Trinajstić information content (AvgIpc) is 2.45. The van der Waals surface area contributed by atoms with E-state index in [1.807, 2.05) is 26.0 Å². The molecular weight excluding hydrogens is 448 g/mol. The van der Waals surface area contributed by atoms with Crippen molar-refractivity contribution in [2.24, 2.45) is 0 Å². The summed E-state index contributed by atoms with van der Waals surface area (Å²) < 4.78 is 6.77. The summed E-state index contributed by atoms with van der Waals surface area (Å²) in [6.07, 6.45) is -0.688. The summed E-state index contributed by atoms with van der Waals surface area (Å²) in [7, 11) is 0. The van der Waals surface area contributed by atoms with Crippen molar-refractivity contribution in [3.8, 4) is 5.75 Å². The Labute approximate surface area is 159 Å². The van der Waals surface area contributed by atoms with Gasteiger partial charge in [-0.25, -0.2) is 0 Å². The zero-order valence-corrected chi connectivity index (χ0v) is 16.6. The molecule has 0 bridgehead atoms. The van der Waals surface area contributed by atoms with Gasteiger partial charge in [-0.3, -0.25) is 4.79 Å². The van der Waals surface area contributed by atoms with E-state index in [-0.39, 0.29) is 5.91 Å². The molecule has 0 unspecified atom stereocenters. The van der Waals surface area contributed by atoms with Crippen molar-refractivity contribution in [1.29, 1.82) is 0 Å². The molecule has 3 nitrogen and oxygen atoms in total. The summed E-state index contributed by atoms with van der Waals surface area (Å²) in [5.41, 5.74) is 2.84. The number of hydrogen-bond acceptors (Lipinski definition) is 2. The van der Waals surface area contributed by atoms with Gasteiger partial charge in [-0.2, -0.15) is 0 Å². The Morgan fingerprint density at radius 2 is 1.78 bits per heavy atom. The molecule has 0 saturated carbocycles. The number of ether oxygens (including phenoxy) is 1. The van der Waals surface area contributed by atoms with Gasteiger partial charge in [0, 0.05) is 14.3 Å². The second-order valence-electron chi connectivity index (χ2n) is 5.24. The minimum Gasteiger partial charge on any atom is -0.479 e. The number of halogens is 3. The minimum absolute atomic E-state index is 0.233. The summed E-state index contributed by atoms with van der Waals surface area (Å²) in [6.45, 7) is 5.61. The quantitative estimate of drug-likeness (QED) is 0.597. The van der Waals surface area contributed by atoms with Gasteiger partial charge in [0.15, 0.2) is 6.10 Å². The lowest BCUT2D eigenvalue weighted by Crippen LogP contribution is -2.30. The number of hydrogen-bond donors (Lipinski definition) is 1. The van der Waals surface area contributed by atoms with E-state index < -0.39 is 6.10 Å². The van der Waals surface area contributed by atoms with Crippen LogP contribution in [0.15, 0.2) is 30.3 Å². The Kier molecular flexibility index (Phi) is 6.17. The van der Waals surface area contributed by atoms with E-state index in [1.54, 1.807) is 25.1 Å². The smallest absolute Gasteiger partial charge is 0.265 e. The maximum Gasteiger partial charge on any atom is 0.265 e. The third kappa shape index (κ3) is 4.75. The highest BCUT2D eigenvalue weighted by atomic mass is 127. The lowest BCUT2D eigenvalue weighted by Gasteiger charge is -2.18. The number of carbonyl (C=O) groups is 1. The van der Waals surface area contributed by atoms with Gasteiger partial charge in [0.1, 0.15) is 5.75 Å². The third-order valence-electron chi connectivity index (χ3n) is 3.31. The standard InChI is InChI=1S/C17H16Cl2INO2/c1-9-6-13(20)7-10(2)16(9)21-17(22)11(3)23-15-5-4-12(18)8-14(15)19/h4-8,11H,1-3H3,(H,21,22)/t11-/m0/s1. The van der Waals surface area contributed by atoms with Crippen molar-refractivity contribution in [2.45, 2.75) is 26.9 Å². The Morgan fingerprint density at radius 1 is 1.17 bits per heavy atom. The molecule has 0 spiro atoms. The first-order valence-electron chi connectivity index (χ1n) is 6.97. The summed E-state index contributed by atoms with van der Waals surface area (Å²) in [5.74, 6) is 0.193. The van der Waals surface area contributed by atoms with Crippen LogP contribution in [0.2, 0.25) is 10.0 Å². The van der Waals surface area contributed by atoms with Crippen LogP contribution in [0, 0.1) is 17.4 Å². The van der Waals surface area contributed by atoms with Crippen LogP contribution in [0.4, 0.5) is 5.69 Å². The minimum atomic E-state index is -0.688. The Balaban J connectivity index is 2.11. The predicted molar refractivity (Wildman–Crippen MR) is 104 cm³/mol. The number of benzene rings is 2. The Hall–Kier alpha value is -0.980. The zero-order chi connectivity index (χ0) is 17.1. The molecule has 0 aliphatic heterocycles. The molecule has 1 atom stereocenters. The molecule has 0 aliphatic carbocycles. The molecular formula is C17H16Cl2INO2. The van der Waals surface area contributed by atoms with E-state index in [0.29, 0.717) is 15.8 Å². The van der Waals surface area contributed by atoms with Crippen molar-refractivity contribution < 1.29 is 9.53 Å². The lowest BCUT2D eigenvalue weighted by atomic mass is 10.1. The van der Waals surface area contributed by atoms with E-state index in [0.717, 1.165) is 20.4 Å². The Morgan fingerprint density at radius 3 is 2.35 bits per heavy atom. The molecule has 2 rings (SSSR count). The van der Waals surface area contributed by atoms with Crippen LogP contribution in [0.3, 0.4) is 0 Å². The van der Waals surface area contributed by atoms with E-state index in [1.165, 1.54) is 0 Å². The molecule has 6 heteroatoms. The van der Waals surface area contributed by atoms with Crippen LogP contribution in [0.25, 0.3) is 0 Å². The largest absolute Gasteiger partial charge is 0.479 e. The molecule has 1 N–H and O–H groups in total. The fourth-order valence-electron chi connectivity index (χ4n) is 2.15. The maximum absolute atomic E-state index is 12.4. The van der Waals surface area contributed by atoms with Gasteiger partial charge in [0.2, 0.25) is 0 Å². The van der Waals surface area contributed by atoms with E-state index in [9.17, 15) is 4.79 Å². The first-order valence-corrected chi connectivity index (χ1v) is 8.80. The first-order chi connectivity index (χ1) is 10.8. The highest BCUT2D eigenvalue weighted by Crippen LogP contribution is 2.29. The van der Waals surface area contributed by atoms with Gasteiger partial charge >= 0.3 is 0 Å². The van der Waals surface area contributed by atoms with Gasteiger partial charge in [-0.1, -0.05) is 23.2 Å². The molecule has 0 saturated heterocycles. The Bertz CT molecular complexity index is 726. The van der Waals surface area contributed by atoms with Crippen molar-refractivity contribution in [2.75, 3.05) is 5.32 Å². The second-order valence-corrected chi connectivity index (χ2v) is 7.33. The average molecular weight is 464 g/mol. The molecule has 1 amide bonds. The van der Waals surface area contributed by atoms with Gasteiger partial charge in [-0.15, -0.1) is 0 Å². The predicted octanol–water partition coefficient (Wildman–Crippen LogP) is 5.62.